The molecule has 0 aromatic carbocycles. The molecule has 0 saturated heterocycles. The van der Waals surface area contributed by atoms with Crippen molar-refractivity contribution in [2.24, 2.45) is 11.8 Å². The van der Waals surface area contributed by atoms with Crippen molar-refractivity contribution in [2.75, 3.05) is 20.2 Å². The van der Waals surface area contributed by atoms with Crippen LogP contribution in [0.15, 0.2) is 0 Å². The van der Waals surface area contributed by atoms with Crippen molar-refractivity contribution in [3.05, 3.63) is 0 Å². The number of nitrogens with zero attached hydrogens (tertiary/aromatic N) is 1. The van der Waals surface area contributed by atoms with Gasteiger partial charge in [0.25, 0.3) is 0 Å². The summed E-state index contributed by atoms with van der Waals surface area (Å²) in [5.41, 5.74) is 0. The second-order valence-corrected chi connectivity index (χ2v) is 5.29. The lowest BCUT2D eigenvalue weighted by Gasteiger charge is -2.36. The SMILES string of the molecule is CCOC(=O)CN(C)C1CC(C)CC(C)C1. The van der Waals surface area contributed by atoms with Crippen LogP contribution < -0.4 is 0 Å². The van der Waals surface area contributed by atoms with E-state index < -0.39 is 0 Å². The molecule has 1 saturated carbocycles. The third kappa shape index (κ3) is 4.12. The number of ether oxygens (including phenoxy) is 1. The van der Waals surface area contributed by atoms with Gasteiger partial charge in [-0.15, -0.1) is 0 Å². The highest BCUT2D eigenvalue weighted by molar-refractivity contribution is 5.71. The first-order valence-electron chi connectivity index (χ1n) is 6.38. The van der Waals surface area contributed by atoms with Crippen LogP contribution in [0.1, 0.15) is 40.0 Å². The average molecular weight is 227 g/mol. The van der Waals surface area contributed by atoms with Gasteiger partial charge in [-0.3, -0.25) is 9.69 Å². The molecule has 1 fully saturated rings. The van der Waals surface area contributed by atoms with E-state index in [-0.39, 0.29) is 5.97 Å². The van der Waals surface area contributed by atoms with Crippen molar-refractivity contribution < 1.29 is 9.53 Å². The molecule has 2 atom stereocenters. The standard InChI is InChI=1S/C13H25NO2/c1-5-16-13(15)9-14(4)12-7-10(2)6-11(3)8-12/h10-12H,5-9H2,1-4H3. The predicted molar refractivity (Wildman–Crippen MR) is 65.2 cm³/mol. The van der Waals surface area contributed by atoms with Crippen molar-refractivity contribution in [1.29, 1.82) is 0 Å². The molecular weight excluding hydrogens is 202 g/mol. The molecule has 0 bridgehead atoms. The fraction of sp³-hybridized carbons (Fsp3) is 0.923. The van der Waals surface area contributed by atoms with Gasteiger partial charge in [-0.1, -0.05) is 13.8 Å². The number of hydrogen-bond donors (Lipinski definition) is 0. The fourth-order valence-corrected chi connectivity index (χ4v) is 2.80. The molecule has 0 aromatic rings. The first kappa shape index (κ1) is 13.5. The summed E-state index contributed by atoms with van der Waals surface area (Å²) in [7, 11) is 2.03. The maximum Gasteiger partial charge on any atom is 0.320 e. The highest BCUT2D eigenvalue weighted by atomic mass is 16.5. The van der Waals surface area contributed by atoms with Crippen LogP contribution in [0.5, 0.6) is 0 Å². The smallest absolute Gasteiger partial charge is 0.320 e. The molecule has 1 rings (SSSR count). The van der Waals surface area contributed by atoms with Crippen LogP contribution in [0.2, 0.25) is 0 Å². The Balaban J connectivity index is 2.40. The zero-order chi connectivity index (χ0) is 12.1. The van der Waals surface area contributed by atoms with Gasteiger partial charge in [-0.05, 0) is 45.1 Å². The van der Waals surface area contributed by atoms with Crippen molar-refractivity contribution in [3.8, 4) is 0 Å². The Hall–Kier alpha value is -0.570. The minimum Gasteiger partial charge on any atom is -0.465 e. The molecule has 0 radical (unpaired) electrons. The summed E-state index contributed by atoms with van der Waals surface area (Å²) in [5.74, 6) is 1.45. The summed E-state index contributed by atoms with van der Waals surface area (Å²) < 4.78 is 4.98. The van der Waals surface area contributed by atoms with Crippen LogP contribution in [0.4, 0.5) is 0 Å². The molecule has 0 aliphatic heterocycles. The van der Waals surface area contributed by atoms with Crippen molar-refractivity contribution in [2.45, 2.75) is 46.1 Å². The van der Waals surface area contributed by atoms with Gasteiger partial charge in [-0.25, -0.2) is 0 Å². The van der Waals surface area contributed by atoms with Gasteiger partial charge in [0.2, 0.25) is 0 Å². The quantitative estimate of drug-likeness (QED) is 0.690. The van der Waals surface area contributed by atoms with Gasteiger partial charge in [0.1, 0.15) is 0 Å². The van der Waals surface area contributed by atoms with Gasteiger partial charge in [0.15, 0.2) is 0 Å². The molecular formula is C13H25NO2. The third-order valence-corrected chi connectivity index (χ3v) is 3.46. The van der Waals surface area contributed by atoms with Crippen molar-refractivity contribution in [3.63, 3.8) is 0 Å². The average Bonchev–Trinajstić information content (AvgIpc) is 2.16. The topological polar surface area (TPSA) is 29.5 Å². The Morgan fingerprint density at radius 1 is 1.25 bits per heavy atom. The van der Waals surface area contributed by atoms with Crippen LogP contribution in [0.3, 0.4) is 0 Å². The molecule has 3 nitrogen and oxygen atoms in total. The van der Waals surface area contributed by atoms with Crippen LogP contribution >= 0.6 is 0 Å². The van der Waals surface area contributed by atoms with Gasteiger partial charge < -0.3 is 4.74 Å². The van der Waals surface area contributed by atoms with E-state index in [9.17, 15) is 4.79 Å². The Labute approximate surface area is 99.1 Å². The molecule has 0 N–H and O–H groups in total. The molecule has 0 aromatic heterocycles. The molecule has 16 heavy (non-hydrogen) atoms. The highest BCUT2D eigenvalue weighted by Crippen LogP contribution is 2.30. The molecule has 94 valence electrons. The number of rotatable bonds is 4. The number of hydrogen-bond acceptors (Lipinski definition) is 3. The van der Waals surface area contributed by atoms with Crippen molar-refractivity contribution >= 4 is 5.97 Å². The molecule has 2 unspecified atom stereocenters. The van der Waals surface area contributed by atoms with Gasteiger partial charge in [0.05, 0.1) is 13.2 Å². The van der Waals surface area contributed by atoms with Crippen LogP contribution in [0, 0.1) is 11.8 Å². The first-order chi connectivity index (χ1) is 7.52. The summed E-state index contributed by atoms with van der Waals surface area (Å²) >= 11 is 0. The van der Waals surface area contributed by atoms with E-state index in [2.05, 4.69) is 18.7 Å². The normalized spacial score (nSPS) is 30.4. The Morgan fingerprint density at radius 3 is 2.31 bits per heavy atom. The maximum atomic E-state index is 11.4. The van der Waals surface area contributed by atoms with Crippen LogP contribution in [0.25, 0.3) is 0 Å². The van der Waals surface area contributed by atoms with Gasteiger partial charge in [0, 0.05) is 6.04 Å². The summed E-state index contributed by atoms with van der Waals surface area (Å²) in [5, 5.41) is 0. The molecule has 1 aliphatic carbocycles. The van der Waals surface area contributed by atoms with E-state index in [0.29, 0.717) is 19.2 Å². The zero-order valence-electron chi connectivity index (χ0n) is 11.0. The molecule has 0 spiro atoms. The predicted octanol–water partition coefficient (Wildman–Crippen LogP) is 2.31. The van der Waals surface area contributed by atoms with Crippen LogP contribution in [-0.4, -0.2) is 37.1 Å². The van der Waals surface area contributed by atoms with E-state index in [1.165, 1.54) is 19.3 Å². The third-order valence-electron chi connectivity index (χ3n) is 3.46. The molecule has 3 heteroatoms. The van der Waals surface area contributed by atoms with Gasteiger partial charge in [-0.2, -0.15) is 0 Å². The lowest BCUT2D eigenvalue weighted by atomic mass is 9.80. The molecule has 0 heterocycles. The molecule has 0 amide bonds. The monoisotopic (exact) mass is 227 g/mol. The van der Waals surface area contributed by atoms with E-state index in [1.807, 2.05) is 14.0 Å². The van der Waals surface area contributed by atoms with E-state index >= 15 is 0 Å². The number of likely N-dealkylation sites (N-methyl/N-ethyl adjacent to an activating group) is 1. The lowest BCUT2D eigenvalue weighted by Crippen LogP contribution is -2.41. The summed E-state index contributed by atoms with van der Waals surface area (Å²) in [4.78, 5) is 13.6. The minimum atomic E-state index is -0.101. The fourth-order valence-electron chi connectivity index (χ4n) is 2.80. The summed E-state index contributed by atoms with van der Waals surface area (Å²) in [6, 6.07) is 0.545. The first-order valence-corrected chi connectivity index (χ1v) is 6.38. The van der Waals surface area contributed by atoms with Gasteiger partial charge >= 0.3 is 5.97 Å². The minimum absolute atomic E-state index is 0.101. The van der Waals surface area contributed by atoms with E-state index in [1.54, 1.807) is 0 Å². The number of carbonyl (C=O) groups is 1. The van der Waals surface area contributed by atoms with Crippen molar-refractivity contribution in [1.82, 2.24) is 4.90 Å². The summed E-state index contributed by atoms with van der Waals surface area (Å²) in [6.07, 6.45) is 3.74. The Morgan fingerprint density at radius 2 is 1.81 bits per heavy atom. The highest BCUT2D eigenvalue weighted by Gasteiger charge is 2.27. The maximum absolute atomic E-state index is 11.4. The Bertz CT molecular complexity index is 220. The van der Waals surface area contributed by atoms with E-state index in [0.717, 1.165) is 11.8 Å². The van der Waals surface area contributed by atoms with E-state index in [4.69, 9.17) is 4.74 Å². The zero-order valence-corrected chi connectivity index (χ0v) is 11.0. The second kappa shape index (κ2) is 6.24. The number of esters is 1. The lowest BCUT2D eigenvalue weighted by molar-refractivity contribution is -0.144. The largest absolute Gasteiger partial charge is 0.465 e. The molecule has 1 aliphatic rings. The Kier molecular flexibility index (Phi) is 5.26. The second-order valence-electron chi connectivity index (χ2n) is 5.29. The summed E-state index contributed by atoms with van der Waals surface area (Å²) in [6.45, 7) is 7.37. The number of carbonyl (C=O) groups excluding carboxylic acids is 1. The van der Waals surface area contributed by atoms with Crippen LogP contribution in [-0.2, 0) is 9.53 Å².